The molecule has 0 aliphatic carbocycles. The van der Waals surface area contributed by atoms with Crippen LogP contribution in [0.4, 0.5) is 0 Å². The summed E-state index contributed by atoms with van der Waals surface area (Å²) < 4.78 is 0.718. The second-order valence-electron chi connectivity index (χ2n) is 7.41. The molecule has 29 heavy (non-hydrogen) atoms. The number of halogens is 1. The molecular weight excluding hydrogens is 400 g/mol. The van der Waals surface area contributed by atoms with Crippen LogP contribution in [0.1, 0.15) is 68.6 Å². The minimum Gasteiger partial charge on any atom is -0.352 e. The number of para-hydroxylation sites is 1. The maximum absolute atomic E-state index is 12.9. The third-order valence-electron chi connectivity index (χ3n) is 5.10. The van der Waals surface area contributed by atoms with E-state index < -0.39 is 0 Å². The highest BCUT2D eigenvalue weighted by molar-refractivity contribution is 7.19. The number of hydrogen-bond donors (Lipinski definition) is 1. The summed E-state index contributed by atoms with van der Waals surface area (Å²) in [5, 5.41) is 3.98. The molecule has 3 rings (SSSR count). The number of nitrogens with zero attached hydrogens (tertiary/aromatic N) is 1. The number of carbonyl (C=O) groups is 1. The lowest BCUT2D eigenvalue weighted by Crippen LogP contribution is -2.24. The summed E-state index contributed by atoms with van der Waals surface area (Å²) in [4.78, 5) is 18.6. The first kappa shape index (κ1) is 21.8. The van der Waals surface area contributed by atoms with Crippen LogP contribution in [0.15, 0.2) is 42.5 Å². The summed E-state index contributed by atoms with van der Waals surface area (Å²) in [5.74, 6) is -0.0320. The first-order valence-corrected chi connectivity index (χ1v) is 11.8. The predicted octanol–water partition coefficient (Wildman–Crippen LogP) is 7.49. The highest BCUT2D eigenvalue weighted by Crippen LogP contribution is 2.32. The number of benzene rings is 1. The van der Waals surface area contributed by atoms with E-state index in [-0.39, 0.29) is 5.91 Å². The van der Waals surface area contributed by atoms with E-state index in [0.717, 1.165) is 32.2 Å². The molecule has 1 amide bonds. The van der Waals surface area contributed by atoms with Crippen molar-refractivity contribution in [2.45, 2.75) is 58.3 Å². The number of aromatic nitrogens is 1. The number of unbranched alkanes of at least 4 members (excludes halogenated alkanes) is 7. The van der Waals surface area contributed by atoms with E-state index in [9.17, 15) is 4.79 Å². The molecule has 0 unspecified atom stereocenters. The van der Waals surface area contributed by atoms with Crippen molar-refractivity contribution in [3.8, 4) is 10.6 Å². The van der Waals surface area contributed by atoms with Gasteiger partial charge in [-0.3, -0.25) is 4.79 Å². The fraction of sp³-hybridized carbons (Fsp3) is 0.417. The van der Waals surface area contributed by atoms with Crippen molar-refractivity contribution >= 4 is 39.7 Å². The summed E-state index contributed by atoms with van der Waals surface area (Å²) in [5.41, 5.74) is 2.29. The lowest BCUT2D eigenvalue weighted by molar-refractivity contribution is 0.0954. The number of pyridine rings is 1. The third kappa shape index (κ3) is 6.28. The molecule has 0 radical (unpaired) electrons. The molecule has 0 atom stereocenters. The van der Waals surface area contributed by atoms with Crippen molar-refractivity contribution in [3.63, 3.8) is 0 Å². The van der Waals surface area contributed by atoms with E-state index in [1.807, 2.05) is 42.5 Å². The molecule has 3 nitrogen and oxygen atoms in total. The lowest BCUT2D eigenvalue weighted by Gasteiger charge is -2.10. The van der Waals surface area contributed by atoms with Gasteiger partial charge in [0.05, 0.1) is 26.0 Å². The Bertz CT molecular complexity index is 938. The van der Waals surface area contributed by atoms with Crippen molar-refractivity contribution in [1.29, 1.82) is 0 Å². The van der Waals surface area contributed by atoms with Crippen LogP contribution in [0, 0.1) is 0 Å². The van der Waals surface area contributed by atoms with Crippen LogP contribution in [-0.4, -0.2) is 17.4 Å². The van der Waals surface area contributed by atoms with Crippen molar-refractivity contribution in [2.75, 3.05) is 6.54 Å². The molecule has 0 fully saturated rings. The first-order valence-electron chi connectivity index (χ1n) is 10.6. The number of fused-ring (bicyclic) bond motifs is 1. The Morgan fingerprint density at radius 1 is 1.00 bits per heavy atom. The highest BCUT2D eigenvalue weighted by Gasteiger charge is 2.14. The minimum atomic E-state index is -0.0320. The van der Waals surface area contributed by atoms with E-state index in [2.05, 4.69) is 12.2 Å². The van der Waals surface area contributed by atoms with Crippen molar-refractivity contribution in [2.24, 2.45) is 0 Å². The monoisotopic (exact) mass is 428 g/mol. The molecule has 2 aromatic heterocycles. The van der Waals surface area contributed by atoms with Gasteiger partial charge in [0.25, 0.3) is 5.91 Å². The van der Waals surface area contributed by atoms with E-state index >= 15 is 0 Å². The molecule has 0 aliphatic heterocycles. The highest BCUT2D eigenvalue weighted by atomic mass is 35.5. The van der Waals surface area contributed by atoms with Gasteiger partial charge in [-0.1, -0.05) is 81.7 Å². The van der Waals surface area contributed by atoms with E-state index in [1.165, 1.54) is 56.3 Å². The van der Waals surface area contributed by atoms with Gasteiger partial charge in [-0.15, -0.1) is 11.3 Å². The van der Waals surface area contributed by atoms with Gasteiger partial charge >= 0.3 is 0 Å². The Morgan fingerprint density at radius 2 is 1.72 bits per heavy atom. The zero-order valence-electron chi connectivity index (χ0n) is 17.0. The fourth-order valence-corrected chi connectivity index (χ4v) is 4.50. The number of rotatable bonds is 11. The molecule has 0 aliphatic rings. The number of hydrogen-bond acceptors (Lipinski definition) is 3. The maximum atomic E-state index is 12.9. The van der Waals surface area contributed by atoms with Crippen molar-refractivity contribution in [1.82, 2.24) is 10.3 Å². The molecule has 1 N–H and O–H groups in total. The van der Waals surface area contributed by atoms with Gasteiger partial charge in [-0.25, -0.2) is 4.98 Å². The predicted molar refractivity (Wildman–Crippen MR) is 125 cm³/mol. The van der Waals surface area contributed by atoms with Gasteiger partial charge in [0.1, 0.15) is 0 Å². The first-order chi connectivity index (χ1) is 14.2. The van der Waals surface area contributed by atoms with Gasteiger partial charge in [0.2, 0.25) is 0 Å². The van der Waals surface area contributed by atoms with Crippen LogP contribution < -0.4 is 5.32 Å². The quantitative estimate of drug-likeness (QED) is 0.321. The van der Waals surface area contributed by atoms with Crippen LogP contribution in [-0.2, 0) is 0 Å². The molecule has 0 saturated carbocycles. The Hall–Kier alpha value is -1.91. The standard InChI is InChI=1S/C24H29ClN2OS/c1-2-3-4-5-6-7-8-11-16-26-24(28)19-17-21(22-14-15-23(25)29-22)27-20-13-10-9-12-18(19)20/h9-10,12-15,17H,2-8,11,16H2,1H3,(H,26,28). The van der Waals surface area contributed by atoms with Crippen LogP contribution in [0.3, 0.4) is 0 Å². The third-order valence-corrected chi connectivity index (χ3v) is 6.36. The number of carbonyl (C=O) groups excluding carboxylic acids is 1. The summed E-state index contributed by atoms with van der Waals surface area (Å²) in [6, 6.07) is 13.5. The summed E-state index contributed by atoms with van der Waals surface area (Å²) in [6.45, 7) is 2.96. The maximum Gasteiger partial charge on any atom is 0.252 e. The van der Waals surface area contributed by atoms with Gasteiger partial charge in [-0.2, -0.15) is 0 Å². The molecule has 5 heteroatoms. The molecule has 2 heterocycles. The Kier molecular flexibility index (Phi) is 8.51. The molecule has 1 aromatic carbocycles. The second-order valence-corrected chi connectivity index (χ2v) is 9.12. The van der Waals surface area contributed by atoms with Crippen LogP contribution >= 0.6 is 22.9 Å². The molecule has 0 spiro atoms. The lowest BCUT2D eigenvalue weighted by atomic mass is 10.1. The van der Waals surface area contributed by atoms with Crippen molar-refractivity contribution < 1.29 is 4.79 Å². The van der Waals surface area contributed by atoms with Crippen LogP contribution in [0.25, 0.3) is 21.5 Å². The normalized spacial score (nSPS) is 11.1. The average Bonchev–Trinajstić information content (AvgIpc) is 3.18. The van der Waals surface area contributed by atoms with E-state index in [4.69, 9.17) is 16.6 Å². The van der Waals surface area contributed by atoms with Gasteiger partial charge < -0.3 is 5.32 Å². The summed E-state index contributed by atoms with van der Waals surface area (Å²) in [6.07, 6.45) is 10.1. The summed E-state index contributed by atoms with van der Waals surface area (Å²) in [7, 11) is 0. The van der Waals surface area contributed by atoms with Gasteiger partial charge in [-0.05, 0) is 30.7 Å². The molecule has 0 bridgehead atoms. The number of amides is 1. The van der Waals surface area contributed by atoms with Gasteiger partial charge in [0, 0.05) is 11.9 Å². The Morgan fingerprint density at radius 3 is 2.45 bits per heavy atom. The number of thiophene rings is 1. The molecule has 3 aromatic rings. The second kappa shape index (κ2) is 11.3. The Labute approximate surface area is 182 Å². The minimum absolute atomic E-state index is 0.0320. The van der Waals surface area contributed by atoms with E-state index in [1.54, 1.807) is 0 Å². The zero-order chi connectivity index (χ0) is 20.5. The molecule has 0 saturated heterocycles. The van der Waals surface area contributed by atoms with Crippen LogP contribution in [0.5, 0.6) is 0 Å². The largest absolute Gasteiger partial charge is 0.352 e. The zero-order valence-corrected chi connectivity index (χ0v) is 18.6. The van der Waals surface area contributed by atoms with Gasteiger partial charge in [0.15, 0.2) is 0 Å². The smallest absolute Gasteiger partial charge is 0.252 e. The Balaban J connectivity index is 1.60. The SMILES string of the molecule is CCCCCCCCCCNC(=O)c1cc(-c2ccc(Cl)s2)nc2ccccc12. The number of nitrogens with one attached hydrogen (secondary N) is 1. The topological polar surface area (TPSA) is 42.0 Å². The molecule has 154 valence electrons. The van der Waals surface area contributed by atoms with Crippen molar-refractivity contribution in [3.05, 3.63) is 52.4 Å². The molecular formula is C24H29ClN2OS. The van der Waals surface area contributed by atoms with Crippen LogP contribution in [0.2, 0.25) is 4.34 Å². The summed E-state index contributed by atoms with van der Waals surface area (Å²) >= 11 is 7.56. The van der Waals surface area contributed by atoms with E-state index in [0.29, 0.717) is 12.1 Å². The average molecular weight is 429 g/mol. The fourth-order valence-electron chi connectivity index (χ4n) is 3.50.